The molecule has 0 spiro atoms. The number of carbonyl (C=O) groups is 1. The maximum atomic E-state index is 11.8. The van der Waals surface area contributed by atoms with Crippen molar-refractivity contribution >= 4 is 41.2 Å². The largest absolute Gasteiger partial charge is 0.272 e. The highest BCUT2D eigenvalue weighted by Crippen LogP contribution is 2.20. The van der Waals surface area contributed by atoms with E-state index in [9.17, 15) is 14.9 Å². The third-order valence-corrected chi connectivity index (χ3v) is 4.63. The van der Waals surface area contributed by atoms with E-state index in [0.717, 1.165) is 5.56 Å². The zero-order chi connectivity index (χ0) is 18.2. The molecule has 0 unspecified atom stereocenters. The van der Waals surface area contributed by atoms with Gasteiger partial charge in [0.1, 0.15) is 0 Å². The zero-order valence-electron chi connectivity index (χ0n) is 13.4. The lowest BCUT2D eigenvalue weighted by molar-refractivity contribution is -0.385. The first-order valence-corrected chi connectivity index (χ1v) is 8.88. The standard InChI is InChI=1S/C17H16ClN3O3S/c1-12-6-7-13(8-16(12)21(23)24)9-19-20-17(22)11-25-10-14-4-2-3-5-15(14)18/h2-9H,10-11H2,1H3,(H,20,22)/b19-9-. The molecule has 0 aliphatic heterocycles. The lowest BCUT2D eigenvalue weighted by Gasteiger charge is -2.03. The van der Waals surface area contributed by atoms with Gasteiger partial charge >= 0.3 is 0 Å². The average molecular weight is 378 g/mol. The summed E-state index contributed by atoms with van der Waals surface area (Å²) in [5.74, 6) is 0.604. The summed E-state index contributed by atoms with van der Waals surface area (Å²) in [7, 11) is 0. The molecule has 0 bridgehead atoms. The first kappa shape index (κ1) is 19.0. The van der Waals surface area contributed by atoms with Gasteiger partial charge in [-0.25, -0.2) is 5.43 Å². The Kier molecular flexibility index (Phi) is 6.97. The van der Waals surface area contributed by atoms with Crippen LogP contribution in [0.4, 0.5) is 5.69 Å². The highest BCUT2D eigenvalue weighted by molar-refractivity contribution is 7.99. The first-order valence-electron chi connectivity index (χ1n) is 7.35. The van der Waals surface area contributed by atoms with E-state index < -0.39 is 4.92 Å². The van der Waals surface area contributed by atoms with Crippen LogP contribution in [0.15, 0.2) is 47.6 Å². The van der Waals surface area contributed by atoms with Gasteiger partial charge < -0.3 is 0 Å². The van der Waals surface area contributed by atoms with Crippen LogP contribution in [0.25, 0.3) is 0 Å². The molecule has 0 radical (unpaired) electrons. The summed E-state index contributed by atoms with van der Waals surface area (Å²) < 4.78 is 0. The minimum Gasteiger partial charge on any atom is -0.272 e. The Morgan fingerprint density at radius 2 is 2.12 bits per heavy atom. The van der Waals surface area contributed by atoms with Crippen molar-refractivity contribution in [2.75, 3.05) is 5.75 Å². The quantitative estimate of drug-likeness (QED) is 0.450. The molecular formula is C17H16ClN3O3S. The Balaban J connectivity index is 1.82. The molecule has 0 atom stereocenters. The van der Waals surface area contributed by atoms with Gasteiger partial charge in [0.05, 0.1) is 16.9 Å². The summed E-state index contributed by atoms with van der Waals surface area (Å²) in [5, 5.41) is 15.4. The Hall–Kier alpha value is -2.38. The Labute approximate surface area is 154 Å². The molecule has 0 aliphatic carbocycles. The maximum absolute atomic E-state index is 11.8. The van der Waals surface area contributed by atoms with Gasteiger partial charge in [0.15, 0.2) is 0 Å². The molecule has 1 amide bonds. The van der Waals surface area contributed by atoms with E-state index in [0.29, 0.717) is 21.9 Å². The second-order valence-electron chi connectivity index (χ2n) is 5.18. The Morgan fingerprint density at radius 1 is 1.36 bits per heavy atom. The van der Waals surface area contributed by atoms with Crippen LogP contribution in [-0.2, 0) is 10.5 Å². The van der Waals surface area contributed by atoms with Gasteiger partial charge in [0, 0.05) is 28.0 Å². The van der Waals surface area contributed by atoms with E-state index in [-0.39, 0.29) is 17.3 Å². The number of nitro groups is 1. The predicted octanol–water partition coefficient (Wildman–Crippen LogP) is 3.94. The number of aryl methyl sites for hydroxylation is 1. The second-order valence-corrected chi connectivity index (χ2v) is 6.57. The van der Waals surface area contributed by atoms with Crippen LogP contribution >= 0.6 is 23.4 Å². The van der Waals surface area contributed by atoms with Crippen molar-refractivity contribution in [3.05, 3.63) is 74.3 Å². The number of hydrogen-bond donors (Lipinski definition) is 1. The molecular weight excluding hydrogens is 362 g/mol. The average Bonchev–Trinajstić information content (AvgIpc) is 2.58. The molecule has 2 aromatic rings. The van der Waals surface area contributed by atoms with Crippen LogP contribution in [0.1, 0.15) is 16.7 Å². The molecule has 0 saturated heterocycles. The highest BCUT2D eigenvalue weighted by atomic mass is 35.5. The molecule has 2 aromatic carbocycles. The number of benzene rings is 2. The zero-order valence-corrected chi connectivity index (χ0v) is 15.0. The molecule has 0 fully saturated rings. The van der Waals surface area contributed by atoms with Gasteiger partial charge in [-0.1, -0.05) is 41.9 Å². The van der Waals surface area contributed by atoms with Crippen molar-refractivity contribution in [1.29, 1.82) is 0 Å². The van der Waals surface area contributed by atoms with E-state index in [1.165, 1.54) is 24.0 Å². The summed E-state index contributed by atoms with van der Waals surface area (Å²) in [6, 6.07) is 12.2. The summed E-state index contributed by atoms with van der Waals surface area (Å²) in [4.78, 5) is 22.2. The van der Waals surface area contributed by atoms with Crippen molar-refractivity contribution in [3.8, 4) is 0 Å². The van der Waals surface area contributed by atoms with Crippen LogP contribution < -0.4 is 5.43 Å². The number of hydrogen-bond acceptors (Lipinski definition) is 5. The Bertz CT molecular complexity index is 811. The molecule has 130 valence electrons. The summed E-state index contributed by atoms with van der Waals surface area (Å²) in [5.41, 5.74) is 4.51. The summed E-state index contributed by atoms with van der Waals surface area (Å²) in [6.45, 7) is 1.66. The van der Waals surface area contributed by atoms with Gasteiger partial charge in [-0.15, -0.1) is 11.8 Å². The van der Waals surface area contributed by atoms with E-state index >= 15 is 0 Å². The molecule has 0 heterocycles. The molecule has 8 heteroatoms. The molecule has 2 rings (SSSR count). The van der Waals surface area contributed by atoms with Crippen molar-refractivity contribution < 1.29 is 9.72 Å². The van der Waals surface area contributed by atoms with Crippen molar-refractivity contribution in [2.45, 2.75) is 12.7 Å². The number of nitrogens with one attached hydrogen (secondary N) is 1. The molecule has 6 nitrogen and oxygen atoms in total. The van der Waals surface area contributed by atoms with Crippen LogP contribution in [0, 0.1) is 17.0 Å². The molecule has 0 aromatic heterocycles. The van der Waals surface area contributed by atoms with Gasteiger partial charge in [-0.05, 0) is 18.6 Å². The summed E-state index contributed by atoms with van der Waals surface area (Å²) in [6.07, 6.45) is 1.38. The van der Waals surface area contributed by atoms with E-state index in [4.69, 9.17) is 11.6 Å². The normalized spacial score (nSPS) is 10.8. The smallest absolute Gasteiger partial charge is 0.272 e. The fourth-order valence-electron chi connectivity index (χ4n) is 1.98. The third-order valence-electron chi connectivity index (χ3n) is 3.28. The van der Waals surface area contributed by atoms with Crippen LogP contribution in [0.3, 0.4) is 0 Å². The molecule has 0 saturated carbocycles. The Morgan fingerprint density at radius 3 is 2.84 bits per heavy atom. The fraction of sp³-hybridized carbons (Fsp3) is 0.176. The van der Waals surface area contributed by atoms with Gasteiger partial charge in [-0.3, -0.25) is 14.9 Å². The number of hydrazone groups is 1. The number of rotatable bonds is 7. The van der Waals surface area contributed by atoms with E-state index in [2.05, 4.69) is 10.5 Å². The van der Waals surface area contributed by atoms with Crippen LogP contribution in [0.2, 0.25) is 5.02 Å². The number of halogens is 1. The van der Waals surface area contributed by atoms with Crippen molar-refractivity contribution in [2.24, 2.45) is 5.10 Å². The van der Waals surface area contributed by atoms with Crippen molar-refractivity contribution in [3.63, 3.8) is 0 Å². The second kappa shape index (κ2) is 9.19. The topological polar surface area (TPSA) is 84.6 Å². The SMILES string of the molecule is Cc1ccc(/C=N\NC(=O)CSCc2ccccc2Cl)cc1[N+](=O)[O-]. The third kappa shape index (κ3) is 5.88. The number of nitro benzene ring substituents is 1. The maximum Gasteiger partial charge on any atom is 0.272 e. The van der Waals surface area contributed by atoms with Crippen LogP contribution in [0.5, 0.6) is 0 Å². The highest BCUT2D eigenvalue weighted by Gasteiger charge is 2.10. The molecule has 25 heavy (non-hydrogen) atoms. The molecule has 0 aliphatic rings. The number of amides is 1. The van der Waals surface area contributed by atoms with Crippen molar-refractivity contribution in [1.82, 2.24) is 5.43 Å². The minimum absolute atomic E-state index is 0.0190. The van der Waals surface area contributed by atoms with Gasteiger partial charge in [0.2, 0.25) is 5.91 Å². The van der Waals surface area contributed by atoms with Gasteiger partial charge in [-0.2, -0.15) is 5.10 Å². The fourth-order valence-corrected chi connectivity index (χ4v) is 3.09. The van der Waals surface area contributed by atoms with E-state index in [1.54, 1.807) is 19.1 Å². The van der Waals surface area contributed by atoms with E-state index in [1.807, 2.05) is 24.3 Å². The minimum atomic E-state index is -0.448. The monoisotopic (exact) mass is 377 g/mol. The van der Waals surface area contributed by atoms with Crippen LogP contribution in [-0.4, -0.2) is 22.8 Å². The number of carbonyl (C=O) groups excluding carboxylic acids is 1. The molecule has 1 N–H and O–H groups in total. The number of nitrogens with zero attached hydrogens (tertiary/aromatic N) is 2. The first-order chi connectivity index (χ1) is 12.0. The summed E-state index contributed by atoms with van der Waals surface area (Å²) >= 11 is 7.48. The lowest BCUT2D eigenvalue weighted by Crippen LogP contribution is -2.19. The lowest BCUT2D eigenvalue weighted by atomic mass is 10.1. The van der Waals surface area contributed by atoms with Gasteiger partial charge in [0.25, 0.3) is 5.69 Å². The number of thioether (sulfide) groups is 1. The predicted molar refractivity (Wildman–Crippen MR) is 101 cm³/mol.